The molecule has 2 aromatic carbocycles. The summed E-state index contributed by atoms with van der Waals surface area (Å²) in [5.41, 5.74) is 2.98. The molecule has 3 rings (SSSR count). The molecule has 1 fully saturated rings. The first-order valence-electron chi connectivity index (χ1n) is 7.87. The average Bonchev–Trinajstić information content (AvgIpc) is 3.35. The summed E-state index contributed by atoms with van der Waals surface area (Å²) in [4.78, 5) is 23.9. The Morgan fingerprint density at radius 1 is 1.08 bits per heavy atom. The van der Waals surface area contributed by atoms with Crippen molar-refractivity contribution < 1.29 is 14.3 Å². The summed E-state index contributed by atoms with van der Waals surface area (Å²) in [7, 11) is 1.33. The third-order valence-electron chi connectivity index (χ3n) is 4.25. The quantitative estimate of drug-likeness (QED) is 0.845. The number of nitrogens with one attached hydrogen (secondary N) is 2. The Hall–Kier alpha value is -2.82. The predicted octanol–water partition coefficient (Wildman–Crippen LogP) is 3.59. The molecule has 0 spiro atoms. The van der Waals surface area contributed by atoms with Crippen molar-refractivity contribution in [2.24, 2.45) is 0 Å². The molecule has 1 saturated carbocycles. The lowest BCUT2D eigenvalue weighted by molar-refractivity contribution is 0.0600. The summed E-state index contributed by atoms with van der Waals surface area (Å²) < 4.78 is 4.69. The maximum atomic E-state index is 12.3. The predicted molar refractivity (Wildman–Crippen MR) is 92.0 cm³/mol. The van der Waals surface area contributed by atoms with E-state index in [2.05, 4.69) is 39.6 Å². The SMILES string of the molecule is COC(=O)c1cccc(NC(=O)NC2(c3ccc(C)cc3)CC2)c1. The number of carbonyl (C=O) groups is 2. The summed E-state index contributed by atoms with van der Waals surface area (Å²) in [5.74, 6) is -0.433. The van der Waals surface area contributed by atoms with Crippen molar-refractivity contribution in [3.8, 4) is 0 Å². The van der Waals surface area contributed by atoms with Crippen LogP contribution in [0, 0.1) is 6.92 Å². The highest BCUT2D eigenvalue weighted by Crippen LogP contribution is 2.45. The van der Waals surface area contributed by atoms with Gasteiger partial charge in [-0.25, -0.2) is 9.59 Å². The lowest BCUT2D eigenvalue weighted by atomic mass is 10.0. The Bertz CT molecular complexity index is 764. The number of aryl methyl sites for hydroxylation is 1. The van der Waals surface area contributed by atoms with Gasteiger partial charge >= 0.3 is 12.0 Å². The van der Waals surface area contributed by atoms with Crippen molar-refractivity contribution in [1.82, 2.24) is 5.32 Å². The Kier molecular flexibility index (Phi) is 4.25. The number of esters is 1. The van der Waals surface area contributed by atoms with Crippen LogP contribution >= 0.6 is 0 Å². The lowest BCUT2D eigenvalue weighted by Crippen LogP contribution is -2.38. The van der Waals surface area contributed by atoms with Gasteiger partial charge in [-0.15, -0.1) is 0 Å². The van der Waals surface area contributed by atoms with Crippen LogP contribution in [-0.4, -0.2) is 19.1 Å². The second-order valence-electron chi connectivity index (χ2n) is 6.10. The molecule has 0 heterocycles. The van der Waals surface area contributed by atoms with Crippen LogP contribution in [0.1, 0.15) is 34.3 Å². The van der Waals surface area contributed by atoms with E-state index in [1.54, 1.807) is 24.3 Å². The average molecular weight is 324 g/mol. The number of hydrogen-bond donors (Lipinski definition) is 2. The molecule has 2 aromatic rings. The minimum atomic E-state index is -0.433. The van der Waals surface area contributed by atoms with Crippen LogP contribution in [0.15, 0.2) is 48.5 Å². The fourth-order valence-electron chi connectivity index (χ4n) is 2.70. The van der Waals surface area contributed by atoms with Gasteiger partial charge in [0.1, 0.15) is 0 Å². The van der Waals surface area contributed by atoms with Gasteiger partial charge in [0.25, 0.3) is 0 Å². The molecular formula is C19H20N2O3. The highest BCUT2D eigenvalue weighted by atomic mass is 16.5. The van der Waals surface area contributed by atoms with Crippen LogP contribution in [0.3, 0.4) is 0 Å². The molecule has 5 heteroatoms. The van der Waals surface area contributed by atoms with Gasteiger partial charge in [-0.05, 0) is 43.5 Å². The van der Waals surface area contributed by atoms with Gasteiger partial charge in [0.15, 0.2) is 0 Å². The minimum Gasteiger partial charge on any atom is -0.465 e. The number of urea groups is 1. The molecule has 2 N–H and O–H groups in total. The summed E-state index contributed by atoms with van der Waals surface area (Å²) in [5, 5.41) is 5.83. The summed E-state index contributed by atoms with van der Waals surface area (Å²) in [6, 6.07) is 14.6. The smallest absolute Gasteiger partial charge is 0.337 e. The van der Waals surface area contributed by atoms with Gasteiger partial charge in [0.05, 0.1) is 18.2 Å². The molecule has 1 aliphatic rings. The van der Waals surface area contributed by atoms with E-state index in [1.807, 2.05) is 6.92 Å². The van der Waals surface area contributed by atoms with E-state index in [4.69, 9.17) is 0 Å². The van der Waals surface area contributed by atoms with Crippen molar-refractivity contribution in [2.75, 3.05) is 12.4 Å². The number of anilines is 1. The molecule has 24 heavy (non-hydrogen) atoms. The first kappa shape index (κ1) is 16.1. The largest absolute Gasteiger partial charge is 0.465 e. The monoisotopic (exact) mass is 324 g/mol. The molecule has 2 amide bonds. The van der Waals surface area contributed by atoms with E-state index in [0.717, 1.165) is 18.4 Å². The molecule has 124 valence electrons. The van der Waals surface area contributed by atoms with Crippen LogP contribution in [0.25, 0.3) is 0 Å². The van der Waals surface area contributed by atoms with Gasteiger partial charge in [-0.3, -0.25) is 0 Å². The van der Waals surface area contributed by atoms with Crippen molar-refractivity contribution in [1.29, 1.82) is 0 Å². The van der Waals surface area contributed by atoms with Gasteiger partial charge in [0.2, 0.25) is 0 Å². The van der Waals surface area contributed by atoms with Gasteiger partial charge in [-0.2, -0.15) is 0 Å². The normalized spacial score (nSPS) is 14.6. The number of hydrogen-bond acceptors (Lipinski definition) is 3. The van der Waals surface area contributed by atoms with E-state index in [0.29, 0.717) is 11.3 Å². The van der Waals surface area contributed by atoms with E-state index in [9.17, 15) is 9.59 Å². The van der Waals surface area contributed by atoms with Crippen molar-refractivity contribution >= 4 is 17.7 Å². The standard InChI is InChI=1S/C19H20N2O3/c1-13-6-8-15(9-7-13)19(10-11-19)21-18(23)20-16-5-3-4-14(12-16)17(22)24-2/h3-9,12H,10-11H2,1-2H3,(H2,20,21,23). The molecule has 0 radical (unpaired) electrons. The van der Waals surface area contributed by atoms with Crippen LogP contribution < -0.4 is 10.6 Å². The lowest BCUT2D eigenvalue weighted by Gasteiger charge is -2.19. The number of benzene rings is 2. The second-order valence-corrected chi connectivity index (χ2v) is 6.10. The topological polar surface area (TPSA) is 67.4 Å². The highest BCUT2D eigenvalue weighted by molar-refractivity contribution is 5.94. The Labute approximate surface area is 141 Å². The molecule has 0 aliphatic heterocycles. The van der Waals surface area contributed by atoms with E-state index < -0.39 is 5.97 Å². The van der Waals surface area contributed by atoms with Crippen molar-refractivity contribution in [3.05, 3.63) is 65.2 Å². The zero-order valence-electron chi connectivity index (χ0n) is 13.8. The first-order valence-corrected chi connectivity index (χ1v) is 7.87. The Morgan fingerprint density at radius 3 is 2.42 bits per heavy atom. The van der Waals surface area contributed by atoms with Gasteiger partial charge in [-0.1, -0.05) is 35.9 Å². The third kappa shape index (κ3) is 3.40. The maximum absolute atomic E-state index is 12.3. The fourth-order valence-corrected chi connectivity index (χ4v) is 2.70. The molecule has 0 aromatic heterocycles. The third-order valence-corrected chi connectivity index (χ3v) is 4.25. The van der Waals surface area contributed by atoms with Gasteiger partial charge < -0.3 is 15.4 Å². The molecule has 5 nitrogen and oxygen atoms in total. The number of rotatable bonds is 4. The minimum absolute atomic E-state index is 0.280. The van der Waals surface area contributed by atoms with E-state index in [1.165, 1.54) is 12.7 Å². The van der Waals surface area contributed by atoms with Crippen LogP contribution in [-0.2, 0) is 10.3 Å². The number of carbonyl (C=O) groups excluding carboxylic acids is 2. The molecular weight excluding hydrogens is 304 g/mol. The van der Waals surface area contributed by atoms with Crippen LogP contribution in [0.5, 0.6) is 0 Å². The fraction of sp³-hybridized carbons (Fsp3) is 0.263. The number of methoxy groups -OCH3 is 1. The first-order chi connectivity index (χ1) is 11.5. The van der Waals surface area contributed by atoms with E-state index >= 15 is 0 Å². The Morgan fingerprint density at radius 2 is 1.79 bits per heavy atom. The van der Waals surface area contributed by atoms with Crippen molar-refractivity contribution in [3.63, 3.8) is 0 Å². The second kappa shape index (κ2) is 6.35. The Balaban J connectivity index is 1.68. The summed E-state index contributed by atoms with van der Waals surface area (Å²) in [6.07, 6.45) is 1.84. The summed E-state index contributed by atoms with van der Waals surface area (Å²) >= 11 is 0. The molecule has 0 unspecified atom stereocenters. The van der Waals surface area contributed by atoms with Gasteiger partial charge in [0, 0.05) is 5.69 Å². The molecule has 0 bridgehead atoms. The molecule has 0 atom stereocenters. The maximum Gasteiger partial charge on any atom is 0.337 e. The number of ether oxygens (including phenoxy) is 1. The van der Waals surface area contributed by atoms with E-state index in [-0.39, 0.29) is 11.6 Å². The highest BCUT2D eigenvalue weighted by Gasteiger charge is 2.45. The molecule has 1 aliphatic carbocycles. The zero-order valence-corrected chi connectivity index (χ0v) is 13.8. The van der Waals surface area contributed by atoms with Crippen LogP contribution in [0.4, 0.5) is 10.5 Å². The number of amides is 2. The van der Waals surface area contributed by atoms with Crippen LogP contribution in [0.2, 0.25) is 0 Å². The summed E-state index contributed by atoms with van der Waals surface area (Å²) in [6.45, 7) is 2.04. The molecule has 0 saturated heterocycles. The zero-order chi connectivity index (χ0) is 17.2. The van der Waals surface area contributed by atoms with Crippen molar-refractivity contribution in [2.45, 2.75) is 25.3 Å².